The lowest BCUT2D eigenvalue weighted by Gasteiger charge is -2.29. The van der Waals surface area contributed by atoms with Crippen LogP contribution in [0.15, 0.2) is 121 Å². The molecular formula is C32H30O6. The summed E-state index contributed by atoms with van der Waals surface area (Å²) >= 11 is 0. The predicted octanol–water partition coefficient (Wildman–Crippen LogP) is 6.51. The number of benzene rings is 4. The van der Waals surface area contributed by atoms with E-state index >= 15 is 0 Å². The van der Waals surface area contributed by atoms with Crippen molar-refractivity contribution in [1.29, 1.82) is 0 Å². The Morgan fingerprint density at radius 2 is 0.842 bits per heavy atom. The second kappa shape index (κ2) is 13.7. The van der Waals surface area contributed by atoms with Gasteiger partial charge in [0.15, 0.2) is 5.41 Å². The average Bonchev–Trinajstić information content (AvgIpc) is 2.96. The molecular weight excluding hydrogens is 480 g/mol. The minimum absolute atomic E-state index is 0.0601. The molecule has 0 aliphatic rings. The number of carbonyl (C=O) groups is 2. The third-order valence-corrected chi connectivity index (χ3v) is 5.99. The van der Waals surface area contributed by atoms with Crippen molar-refractivity contribution in [2.24, 2.45) is 5.41 Å². The Labute approximate surface area is 222 Å². The summed E-state index contributed by atoms with van der Waals surface area (Å²) in [7, 11) is 0. The maximum Gasteiger partial charge on any atom is 0.329 e. The first-order valence-corrected chi connectivity index (χ1v) is 12.6. The SMILES string of the molecule is O=C(Oc1ccccc1)C(CCCOc1ccccc1)(CCOc1ccccc1)C(=O)Oc1ccccc1. The Morgan fingerprint density at radius 1 is 0.474 bits per heavy atom. The molecule has 38 heavy (non-hydrogen) atoms. The Hall–Kier alpha value is -4.58. The summed E-state index contributed by atoms with van der Waals surface area (Å²) in [5, 5.41) is 0. The summed E-state index contributed by atoms with van der Waals surface area (Å²) in [5.74, 6) is 0.658. The third-order valence-electron chi connectivity index (χ3n) is 5.99. The second-order valence-corrected chi connectivity index (χ2v) is 8.66. The van der Waals surface area contributed by atoms with Crippen molar-refractivity contribution in [3.05, 3.63) is 121 Å². The Kier molecular flexibility index (Phi) is 9.51. The van der Waals surface area contributed by atoms with E-state index in [2.05, 4.69) is 0 Å². The van der Waals surface area contributed by atoms with Gasteiger partial charge in [0.1, 0.15) is 23.0 Å². The fourth-order valence-electron chi connectivity index (χ4n) is 3.94. The summed E-state index contributed by atoms with van der Waals surface area (Å²) in [5.41, 5.74) is -1.62. The van der Waals surface area contributed by atoms with Gasteiger partial charge in [-0.15, -0.1) is 0 Å². The molecule has 4 aromatic carbocycles. The van der Waals surface area contributed by atoms with Gasteiger partial charge in [-0.05, 0) is 61.4 Å². The molecule has 0 radical (unpaired) electrons. The lowest BCUT2D eigenvalue weighted by Crippen LogP contribution is -2.46. The van der Waals surface area contributed by atoms with Gasteiger partial charge in [-0.3, -0.25) is 9.59 Å². The van der Waals surface area contributed by atoms with Gasteiger partial charge < -0.3 is 18.9 Å². The van der Waals surface area contributed by atoms with Crippen molar-refractivity contribution >= 4 is 11.9 Å². The van der Waals surface area contributed by atoms with Crippen LogP contribution in [0.2, 0.25) is 0 Å². The van der Waals surface area contributed by atoms with Crippen LogP contribution in [0.3, 0.4) is 0 Å². The van der Waals surface area contributed by atoms with Crippen LogP contribution in [0.1, 0.15) is 19.3 Å². The number of carbonyl (C=O) groups excluding carboxylic acids is 2. The van der Waals surface area contributed by atoms with Crippen molar-refractivity contribution in [3.8, 4) is 23.0 Å². The molecule has 0 aromatic heterocycles. The van der Waals surface area contributed by atoms with Crippen molar-refractivity contribution in [2.75, 3.05) is 13.2 Å². The predicted molar refractivity (Wildman–Crippen MR) is 144 cm³/mol. The molecule has 0 saturated heterocycles. The van der Waals surface area contributed by atoms with Gasteiger partial charge in [-0.2, -0.15) is 0 Å². The van der Waals surface area contributed by atoms with Crippen LogP contribution in [0.5, 0.6) is 23.0 Å². The van der Waals surface area contributed by atoms with Crippen LogP contribution in [0.4, 0.5) is 0 Å². The van der Waals surface area contributed by atoms with E-state index in [1.54, 1.807) is 48.5 Å². The summed E-state index contributed by atoms with van der Waals surface area (Å²) in [6.07, 6.45) is 0.619. The number of para-hydroxylation sites is 4. The standard InChI is InChI=1S/C32H30O6/c33-30(37-28-18-9-3-10-19-28)32(23-25-36-27-16-7-2-8-17-27,31(34)38-29-20-11-4-12-21-29)22-13-24-35-26-14-5-1-6-15-26/h1-12,14-21H,13,22-25H2. The first-order valence-electron chi connectivity index (χ1n) is 12.6. The maximum absolute atomic E-state index is 13.8. The van der Waals surface area contributed by atoms with E-state index in [1.807, 2.05) is 72.8 Å². The van der Waals surface area contributed by atoms with Crippen LogP contribution in [0, 0.1) is 5.41 Å². The second-order valence-electron chi connectivity index (χ2n) is 8.66. The molecule has 0 aliphatic carbocycles. The van der Waals surface area contributed by atoms with Crippen LogP contribution in [0.25, 0.3) is 0 Å². The van der Waals surface area contributed by atoms with Gasteiger partial charge in [0.2, 0.25) is 0 Å². The highest BCUT2D eigenvalue weighted by molar-refractivity contribution is 6.01. The van der Waals surface area contributed by atoms with E-state index in [-0.39, 0.29) is 19.4 Å². The van der Waals surface area contributed by atoms with E-state index in [0.29, 0.717) is 36.0 Å². The zero-order valence-corrected chi connectivity index (χ0v) is 21.0. The lowest BCUT2D eigenvalue weighted by molar-refractivity contribution is -0.163. The molecule has 0 bridgehead atoms. The quantitative estimate of drug-likeness (QED) is 0.0884. The highest BCUT2D eigenvalue weighted by Crippen LogP contribution is 2.34. The fourth-order valence-corrected chi connectivity index (χ4v) is 3.94. The van der Waals surface area contributed by atoms with Crippen molar-refractivity contribution in [2.45, 2.75) is 19.3 Å². The minimum Gasteiger partial charge on any atom is -0.494 e. The monoisotopic (exact) mass is 510 g/mol. The maximum atomic E-state index is 13.8. The molecule has 4 rings (SSSR count). The lowest BCUT2D eigenvalue weighted by atomic mass is 9.80. The van der Waals surface area contributed by atoms with Crippen molar-refractivity contribution in [3.63, 3.8) is 0 Å². The molecule has 0 aliphatic heterocycles. The molecule has 0 atom stereocenters. The number of ether oxygens (including phenoxy) is 4. The topological polar surface area (TPSA) is 71.1 Å². The Morgan fingerprint density at radius 3 is 1.26 bits per heavy atom. The van der Waals surface area contributed by atoms with Crippen LogP contribution in [-0.4, -0.2) is 25.2 Å². The molecule has 0 fully saturated rings. The summed E-state index contributed by atoms with van der Waals surface area (Å²) < 4.78 is 23.2. The molecule has 0 saturated carbocycles. The van der Waals surface area contributed by atoms with Gasteiger partial charge >= 0.3 is 11.9 Å². The molecule has 0 N–H and O–H groups in total. The molecule has 0 amide bonds. The normalized spacial score (nSPS) is 10.8. The summed E-state index contributed by atoms with van der Waals surface area (Å²) in [6.45, 7) is 0.417. The zero-order valence-electron chi connectivity index (χ0n) is 21.0. The van der Waals surface area contributed by atoms with Crippen LogP contribution < -0.4 is 18.9 Å². The van der Waals surface area contributed by atoms with Gasteiger partial charge in [-0.1, -0.05) is 72.8 Å². The van der Waals surface area contributed by atoms with Crippen LogP contribution >= 0.6 is 0 Å². The number of hydrogen-bond acceptors (Lipinski definition) is 6. The first kappa shape index (κ1) is 26.5. The third kappa shape index (κ3) is 7.46. The zero-order chi connectivity index (χ0) is 26.5. The smallest absolute Gasteiger partial charge is 0.329 e. The van der Waals surface area contributed by atoms with E-state index < -0.39 is 17.4 Å². The highest BCUT2D eigenvalue weighted by Gasteiger charge is 2.49. The van der Waals surface area contributed by atoms with Gasteiger partial charge in [0.25, 0.3) is 0 Å². The Balaban J connectivity index is 1.57. The largest absolute Gasteiger partial charge is 0.494 e. The fraction of sp³-hybridized carbons (Fsp3) is 0.188. The molecule has 0 spiro atoms. The minimum atomic E-state index is -1.62. The van der Waals surface area contributed by atoms with Crippen molar-refractivity contribution in [1.82, 2.24) is 0 Å². The van der Waals surface area contributed by atoms with Crippen molar-refractivity contribution < 1.29 is 28.5 Å². The molecule has 6 nitrogen and oxygen atoms in total. The summed E-state index contributed by atoms with van der Waals surface area (Å²) in [4.78, 5) is 27.5. The van der Waals surface area contributed by atoms with E-state index in [1.165, 1.54) is 0 Å². The van der Waals surface area contributed by atoms with Gasteiger partial charge in [0.05, 0.1) is 13.2 Å². The van der Waals surface area contributed by atoms with E-state index in [0.717, 1.165) is 0 Å². The number of rotatable bonds is 13. The molecule has 6 heteroatoms. The molecule has 4 aromatic rings. The van der Waals surface area contributed by atoms with E-state index in [9.17, 15) is 9.59 Å². The molecule has 0 unspecified atom stereocenters. The first-order chi connectivity index (χ1) is 18.7. The van der Waals surface area contributed by atoms with Gasteiger partial charge in [-0.25, -0.2) is 0 Å². The van der Waals surface area contributed by atoms with Gasteiger partial charge in [0, 0.05) is 6.42 Å². The van der Waals surface area contributed by atoms with Crippen LogP contribution in [-0.2, 0) is 9.59 Å². The van der Waals surface area contributed by atoms with E-state index in [4.69, 9.17) is 18.9 Å². The average molecular weight is 511 g/mol. The molecule has 194 valence electrons. The number of hydrogen-bond donors (Lipinski definition) is 0. The Bertz CT molecular complexity index is 1210. The molecule has 0 heterocycles. The highest BCUT2D eigenvalue weighted by atomic mass is 16.6. The number of esters is 2. The summed E-state index contributed by atoms with van der Waals surface area (Å²) in [6, 6.07) is 36.0.